The summed E-state index contributed by atoms with van der Waals surface area (Å²) >= 11 is 0. The van der Waals surface area contributed by atoms with Gasteiger partial charge in [-0.15, -0.1) is 0 Å². The highest BCUT2D eigenvalue weighted by Gasteiger charge is 2.11. The third-order valence-corrected chi connectivity index (χ3v) is 4.38. The number of aromatic nitrogens is 4. The van der Waals surface area contributed by atoms with Crippen molar-refractivity contribution in [1.29, 1.82) is 0 Å². The highest BCUT2D eigenvalue weighted by Crippen LogP contribution is 2.19. The Balaban J connectivity index is 1.56. The molecule has 2 amide bonds. The number of urea groups is 1. The summed E-state index contributed by atoms with van der Waals surface area (Å²) in [6, 6.07) is 5.89. The number of amides is 2. The van der Waals surface area contributed by atoms with Crippen LogP contribution in [0.4, 0.5) is 10.5 Å². The van der Waals surface area contributed by atoms with Crippen molar-refractivity contribution in [2.24, 2.45) is 14.1 Å². The van der Waals surface area contributed by atoms with Gasteiger partial charge in [0, 0.05) is 37.4 Å². The summed E-state index contributed by atoms with van der Waals surface area (Å²) in [4.78, 5) is 16.6. The molecule has 1 unspecified atom stereocenters. The van der Waals surface area contributed by atoms with Crippen molar-refractivity contribution in [3.05, 3.63) is 42.0 Å². The maximum atomic E-state index is 12.2. The standard InChI is InChI=1S/C18H24N6O/c1-12(7-8-15-6-5-9-23(15)3)20-18(25)21-14-10-16-13(2)22-24(4)17(16)19-11-14/h5-6,9-12H,7-8H2,1-4H3,(H2,20,21,25). The molecule has 7 heteroatoms. The van der Waals surface area contributed by atoms with Crippen LogP contribution in [-0.4, -0.2) is 31.4 Å². The quantitative estimate of drug-likeness (QED) is 0.750. The van der Waals surface area contributed by atoms with Crippen LogP contribution in [0.3, 0.4) is 0 Å². The van der Waals surface area contributed by atoms with E-state index in [1.165, 1.54) is 5.69 Å². The van der Waals surface area contributed by atoms with Crippen molar-refractivity contribution in [2.45, 2.75) is 32.7 Å². The second-order valence-corrected chi connectivity index (χ2v) is 6.45. The van der Waals surface area contributed by atoms with Crippen LogP contribution in [0, 0.1) is 6.92 Å². The molecule has 25 heavy (non-hydrogen) atoms. The Morgan fingerprint density at radius 2 is 2.16 bits per heavy atom. The lowest BCUT2D eigenvalue weighted by Crippen LogP contribution is -2.36. The van der Waals surface area contributed by atoms with E-state index < -0.39 is 0 Å². The van der Waals surface area contributed by atoms with Gasteiger partial charge >= 0.3 is 6.03 Å². The van der Waals surface area contributed by atoms with Crippen LogP contribution >= 0.6 is 0 Å². The fraction of sp³-hybridized carbons (Fsp3) is 0.389. The summed E-state index contributed by atoms with van der Waals surface area (Å²) in [6.45, 7) is 3.94. The Hall–Kier alpha value is -2.83. The summed E-state index contributed by atoms with van der Waals surface area (Å²) in [6.07, 6.45) is 5.49. The van der Waals surface area contributed by atoms with Crippen LogP contribution in [0.2, 0.25) is 0 Å². The van der Waals surface area contributed by atoms with Crippen molar-refractivity contribution < 1.29 is 4.79 Å². The highest BCUT2D eigenvalue weighted by atomic mass is 16.2. The number of hydrogen-bond acceptors (Lipinski definition) is 3. The van der Waals surface area contributed by atoms with E-state index >= 15 is 0 Å². The molecule has 0 radical (unpaired) electrons. The highest BCUT2D eigenvalue weighted by molar-refractivity contribution is 5.92. The first-order valence-electron chi connectivity index (χ1n) is 8.41. The molecular formula is C18H24N6O. The topological polar surface area (TPSA) is 76.8 Å². The predicted molar refractivity (Wildman–Crippen MR) is 98.6 cm³/mol. The molecule has 0 saturated carbocycles. The van der Waals surface area contributed by atoms with Gasteiger partial charge in [0.05, 0.1) is 17.6 Å². The second kappa shape index (κ2) is 6.96. The van der Waals surface area contributed by atoms with Crippen molar-refractivity contribution >= 4 is 22.8 Å². The molecule has 0 bridgehead atoms. The SMILES string of the molecule is Cc1nn(C)c2ncc(NC(=O)NC(C)CCc3cccn3C)cc12. The van der Waals surface area contributed by atoms with E-state index in [4.69, 9.17) is 0 Å². The van der Waals surface area contributed by atoms with Gasteiger partial charge in [-0.3, -0.25) is 4.68 Å². The molecule has 1 atom stereocenters. The summed E-state index contributed by atoms with van der Waals surface area (Å²) < 4.78 is 3.84. The van der Waals surface area contributed by atoms with E-state index in [0.29, 0.717) is 5.69 Å². The molecule has 3 aromatic heterocycles. The minimum Gasteiger partial charge on any atom is -0.354 e. The molecular weight excluding hydrogens is 316 g/mol. The van der Waals surface area contributed by atoms with E-state index in [0.717, 1.165) is 29.6 Å². The van der Waals surface area contributed by atoms with Crippen LogP contribution in [0.25, 0.3) is 11.0 Å². The van der Waals surface area contributed by atoms with Gasteiger partial charge in [0.25, 0.3) is 0 Å². The smallest absolute Gasteiger partial charge is 0.319 e. The van der Waals surface area contributed by atoms with Crippen molar-refractivity contribution in [3.8, 4) is 0 Å². The third-order valence-electron chi connectivity index (χ3n) is 4.38. The third kappa shape index (κ3) is 3.81. The number of fused-ring (bicyclic) bond motifs is 1. The van der Waals surface area contributed by atoms with E-state index in [-0.39, 0.29) is 12.1 Å². The number of aryl methyl sites for hydroxylation is 4. The lowest BCUT2D eigenvalue weighted by Gasteiger charge is -2.15. The van der Waals surface area contributed by atoms with Gasteiger partial charge < -0.3 is 15.2 Å². The van der Waals surface area contributed by atoms with Gasteiger partial charge in [0.15, 0.2) is 5.65 Å². The number of hydrogen-bond donors (Lipinski definition) is 2. The molecule has 2 N–H and O–H groups in total. The van der Waals surface area contributed by atoms with Gasteiger partial charge in [-0.2, -0.15) is 5.10 Å². The van der Waals surface area contributed by atoms with Crippen molar-refractivity contribution in [1.82, 2.24) is 24.6 Å². The van der Waals surface area contributed by atoms with Crippen LogP contribution in [-0.2, 0) is 20.5 Å². The number of anilines is 1. The Morgan fingerprint density at radius 3 is 2.88 bits per heavy atom. The van der Waals surface area contributed by atoms with Crippen LogP contribution < -0.4 is 10.6 Å². The number of carbonyl (C=O) groups is 1. The number of rotatable bonds is 5. The van der Waals surface area contributed by atoms with E-state index in [1.807, 2.05) is 46.3 Å². The Kier molecular flexibility index (Phi) is 4.74. The molecule has 7 nitrogen and oxygen atoms in total. The molecule has 0 saturated heterocycles. The van der Waals surface area contributed by atoms with E-state index in [2.05, 4.69) is 31.3 Å². The molecule has 0 spiro atoms. The molecule has 0 aliphatic heterocycles. The van der Waals surface area contributed by atoms with Gasteiger partial charge in [-0.1, -0.05) is 0 Å². The summed E-state index contributed by atoms with van der Waals surface area (Å²) in [5.41, 5.74) is 3.62. The Bertz CT molecular complexity index is 894. The fourth-order valence-corrected chi connectivity index (χ4v) is 2.96. The first-order chi connectivity index (χ1) is 11.9. The van der Waals surface area contributed by atoms with Crippen LogP contribution in [0.1, 0.15) is 24.7 Å². The lowest BCUT2D eigenvalue weighted by atomic mass is 10.1. The zero-order valence-electron chi connectivity index (χ0n) is 15.1. The Morgan fingerprint density at radius 1 is 1.36 bits per heavy atom. The minimum atomic E-state index is -0.220. The second-order valence-electron chi connectivity index (χ2n) is 6.45. The number of nitrogens with zero attached hydrogens (tertiary/aromatic N) is 4. The molecule has 132 valence electrons. The molecule has 0 fully saturated rings. The van der Waals surface area contributed by atoms with E-state index in [1.54, 1.807) is 10.9 Å². The number of carbonyl (C=O) groups excluding carboxylic acids is 1. The average molecular weight is 340 g/mol. The maximum absolute atomic E-state index is 12.2. The zero-order chi connectivity index (χ0) is 18.0. The normalized spacial score (nSPS) is 12.3. The number of nitrogens with one attached hydrogen (secondary N) is 2. The fourth-order valence-electron chi connectivity index (χ4n) is 2.96. The zero-order valence-corrected chi connectivity index (χ0v) is 15.1. The molecule has 3 aromatic rings. The summed E-state index contributed by atoms with van der Waals surface area (Å²) in [5, 5.41) is 11.1. The van der Waals surface area contributed by atoms with Crippen molar-refractivity contribution in [2.75, 3.05) is 5.32 Å². The van der Waals surface area contributed by atoms with Gasteiger partial charge in [-0.25, -0.2) is 9.78 Å². The molecule has 3 rings (SSSR count). The first kappa shape index (κ1) is 17.0. The largest absolute Gasteiger partial charge is 0.354 e. The maximum Gasteiger partial charge on any atom is 0.319 e. The average Bonchev–Trinajstić information content (AvgIpc) is 3.09. The molecule has 3 heterocycles. The molecule has 0 aliphatic carbocycles. The van der Waals surface area contributed by atoms with Gasteiger partial charge in [0.2, 0.25) is 0 Å². The predicted octanol–water partition coefficient (Wildman–Crippen LogP) is 2.76. The minimum absolute atomic E-state index is 0.0757. The summed E-state index contributed by atoms with van der Waals surface area (Å²) in [5.74, 6) is 0. The Labute approximate surface area is 147 Å². The molecule has 0 aromatic carbocycles. The summed E-state index contributed by atoms with van der Waals surface area (Å²) in [7, 11) is 3.89. The monoisotopic (exact) mass is 340 g/mol. The van der Waals surface area contributed by atoms with Gasteiger partial charge in [0.1, 0.15) is 0 Å². The van der Waals surface area contributed by atoms with Crippen LogP contribution in [0.5, 0.6) is 0 Å². The van der Waals surface area contributed by atoms with E-state index in [9.17, 15) is 4.79 Å². The lowest BCUT2D eigenvalue weighted by molar-refractivity contribution is 0.248. The molecule has 0 aliphatic rings. The first-order valence-corrected chi connectivity index (χ1v) is 8.41. The number of pyridine rings is 1. The van der Waals surface area contributed by atoms with Crippen molar-refractivity contribution in [3.63, 3.8) is 0 Å². The van der Waals surface area contributed by atoms with Gasteiger partial charge in [-0.05, 0) is 44.9 Å². The van der Waals surface area contributed by atoms with Crippen LogP contribution in [0.15, 0.2) is 30.6 Å².